The molecule has 162 valence electrons. The molecule has 0 saturated carbocycles. The third-order valence-corrected chi connectivity index (χ3v) is 4.98. The number of hydrogen-bond donors (Lipinski definition) is 3. The molecular formula is C23H24ClFN4O2. The molecule has 2 heterocycles. The van der Waals surface area contributed by atoms with Gasteiger partial charge < -0.3 is 15.7 Å². The molecular weight excluding hydrogens is 419 g/mol. The van der Waals surface area contributed by atoms with Crippen molar-refractivity contribution in [2.24, 2.45) is 0 Å². The van der Waals surface area contributed by atoms with E-state index >= 15 is 0 Å². The Morgan fingerprint density at radius 1 is 1.16 bits per heavy atom. The minimum absolute atomic E-state index is 0.127. The number of nitrogens with one attached hydrogen (secondary N) is 2. The molecule has 6 nitrogen and oxygen atoms in total. The van der Waals surface area contributed by atoms with Crippen LogP contribution in [0.25, 0.3) is 11.3 Å². The number of aliphatic hydroxyl groups excluding tert-OH is 1. The van der Waals surface area contributed by atoms with Gasteiger partial charge >= 0.3 is 0 Å². The molecule has 0 fully saturated rings. The van der Waals surface area contributed by atoms with Gasteiger partial charge in [0.25, 0.3) is 5.91 Å². The lowest BCUT2D eigenvalue weighted by Gasteiger charge is -2.18. The maximum Gasteiger partial charge on any atom is 0.255 e. The van der Waals surface area contributed by atoms with E-state index in [9.17, 15) is 14.3 Å². The number of rotatable bonds is 7. The van der Waals surface area contributed by atoms with E-state index in [1.165, 1.54) is 24.4 Å². The van der Waals surface area contributed by atoms with Crippen LogP contribution in [0, 0.1) is 5.82 Å². The van der Waals surface area contributed by atoms with E-state index in [2.05, 4.69) is 20.6 Å². The zero-order valence-electron chi connectivity index (χ0n) is 17.5. The predicted octanol–water partition coefficient (Wildman–Crippen LogP) is 4.91. The van der Waals surface area contributed by atoms with Gasteiger partial charge in [-0.05, 0) is 48.7 Å². The summed E-state index contributed by atoms with van der Waals surface area (Å²) in [6.07, 6.45) is 4.72. The summed E-state index contributed by atoms with van der Waals surface area (Å²) < 4.78 is 14.4. The van der Waals surface area contributed by atoms with Crippen LogP contribution in [0.2, 0.25) is 5.02 Å². The zero-order valence-corrected chi connectivity index (χ0v) is 18.2. The topological polar surface area (TPSA) is 87.1 Å². The zero-order chi connectivity index (χ0) is 22.5. The van der Waals surface area contributed by atoms with Gasteiger partial charge in [0.15, 0.2) is 0 Å². The van der Waals surface area contributed by atoms with Crippen LogP contribution in [0.15, 0.2) is 48.9 Å². The maximum atomic E-state index is 14.4. The molecule has 1 atom stereocenters. The highest BCUT2D eigenvalue weighted by molar-refractivity contribution is 6.30. The molecule has 2 aromatic heterocycles. The van der Waals surface area contributed by atoms with Crippen molar-refractivity contribution in [2.75, 3.05) is 11.9 Å². The van der Waals surface area contributed by atoms with E-state index in [0.717, 1.165) is 5.56 Å². The number of carbonyl (C=O) groups excluding carboxylic acids is 1. The molecule has 0 saturated heterocycles. The molecule has 31 heavy (non-hydrogen) atoms. The summed E-state index contributed by atoms with van der Waals surface area (Å²) in [6, 6.07) is 7.34. The molecule has 8 heteroatoms. The fourth-order valence-electron chi connectivity index (χ4n) is 3.05. The number of pyridine rings is 2. The predicted molar refractivity (Wildman–Crippen MR) is 120 cm³/mol. The van der Waals surface area contributed by atoms with Crippen molar-refractivity contribution in [1.29, 1.82) is 0 Å². The summed E-state index contributed by atoms with van der Waals surface area (Å²) in [5.74, 6) is -0.665. The summed E-state index contributed by atoms with van der Waals surface area (Å²) in [5.41, 5.74) is 3.15. The van der Waals surface area contributed by atoms with Crippen molar-refractivity contribution >= 4 is 28.9 Å². The Kier molecular flexibility index (Phi) is 7.20. The van der Waals surface area contributed by atoms with E-state index in [4.69, 9.17) is 11.6 Å². The first-order chi connectivity index (χ1) is 14.8. The van der Waals surface area contributed by atoms with Gasteiger partial charge in [0.05, 0.1) is 23.6 Å². The van der Waals surface area contributed by atoms with Gasteiger partial charge in [-0.2, -0.15) is 0 Å². The van der Waals surface area contributed by atoms with E-state index in [1.807, 2.05) is 13.8 Å². The second kappa shape index (κ2) is 9.85. The summed E-state index contributed by atoms with van der Waals surface area (Å²) in [4.78, 5) is 21.1. The highest BCUT2D eigenvalue weighted by Gasteiger charge is 2.17. The van der Waals surface area contributed by atoms with Crippen molar-refractivity contribution in [1.82, 2.24) is 15.3 Å². The van der Waals surface area contributed by atoms with Crippen LogP contribution in [0.1, 0.15) is 42.6 Å². The number of aliphatic hydroxyl groups is 1. The quantitative estimate of drug-likeness (QED) is 0.483. The van der Waals surface area contributed by atoms with Gasteiger partial charge in [0.2, 0.25) is 0 Å². The van der Waals surface area contributed by atoms with Gasteiger partial charge in [0, 0.05) is 40.9 Å². The van der Waals surface area contributed by atoms with Crippen LogP contribution in [0.5, 0.6) is 0 Å². The first-order valence-electron chi connectivity index (χ1n) is 9.88. The molecule has 0 bridgehead atoms. The molecule has 0 aliphatic heterocycles. The molecule has 0 radical (unpaired) electrons. The number of nitrogens with zero attached hydrogens (tertiary/aromatic N) is 2. The van der Waals surface area contributed by atoms with Crippen LogP contribution < -0.4 is 10.6 Å². The van der Waals surface area contributed by atoms with Gasteiger partial charge in [-0.25, -0.2) is 4.39 Å². The largest absolute Gasteiger partial charge is 0.394 e. The van der Waals surface area contributed by atoms with Crippen LogP contribution in [0.4, 0.5) is 15.8 Å². The number of benzene rings is 1. The lowest BCUT2D eigenvalue weighted by atomic mass is 10.0. The number of carbonyl (C=O) groups is 1. The molecule has 0 aliphatic rings. The monoisotopic (exact) mass is 442 g/mol. The molecule has 0 spiro atoms. The Hall–Kier alpha value is -3.03. The normalized spacial score (nSPS) is 12.0. The van der Waals surface area contributed by atoms with Crippen molar-refractivity contribution < 1.29 is 14.3 Å². The molecule has 1 unspecified atom stereocenters. The molecule has 1 aromatic carbocycles. The van der Waals surface area contributed by atoms with E-state index in [-0.39, 0.29) is 24.0 Å². The Morgan fingerprint density at radius 2 is 1.94 bits per heavy atom. The average Bonchev–Trinajstić information content (AvgIpc) is 2.75. The van der Waals surface area contributed by atoms with Crippen molar-refractivity contribution in [2.45, 2.75) is 32.7 Å². The Morgan fingerprint density at radius 3 is 2.65 bits per heavy atom. The SMILES string of the molecule is CC(CO)NC(=O)c1cnccc1Nc1cc(-c2cc(Cl)ccc2F)ncc1C(C)C. The summed E-state index contributed by atoms with van der Waals surface area (Å²) in [5, 5.41) is 15.6. The first-order valence-corrected chi connectivity index (χ1v) is 10.3. The summed E-state index contributed by atoms with van der Waals surface area (Å²) >= 11 is 6.05. The second-order valence-electron chi connectivity index (χ2n) is 7.54. The smallest absolute Gasteiger partial charge is 0.255 e. The lowest BCUT2D eigenvalue weighted by Crippen LogP contribution is -2.35. The number of amides is 1. The van der Waals surface area contributed by atoms with E-state index in [0.29, 0.717) is 27.7 Å². The summed E-state index contributed by atoms with van der Waals surface area (Å²) in [7, 11) is 0. The van der Waals surface area contributed by atoms with Crippen molar-refractivity contribution in [3.8, 4) is 11.3 Å². The van der Waals surface area contributed by atoms with Gasteiger partial charge in [-0.1, -0.05) is 25.4 Å². The maximum absolute atomic E-state index is 14.4. The highest BCUT2D eigenvalue weighted by atomic mass is 35.5. The molecule has 3 aromatic rings. The Bertz CT molecular complexity index is 1090. The number of anilines is 2. The van der Waals surface area contributed by atoms with E-state index < -0.39 is 11.9 Å². The molecule has 0 aliphatic carbocycles. The minimum atomic E-state index is -0.429. The van der Waals surface area contributed by atoms with Crippen LogP contribution in [0.3, 0.4) is 0 Å². The van der Waals surface area contributed by atoms with E-state index in [1.54, 1.807) is 31.5 Å². The van der Waals surface area contributed by atoms with Crippen LogP contribution in [-0.4, -0.2) is 33.6 Å². The number of halogens is 2. The van der Waals surface area contributed by atoms with Gasteiger partial charge in [-0.3, -0.25) is 14.8 Å². The molecule has 1 amide bonds. The standard InChI is InChI=1S/C23H24ClFN4O2/c1-13(2)17-11-27-21(16-8-15(24)4-5-19(16)25)9-22(17)29-20-6-7-26-10-18(20)23(31)28-14(3)12-30/h4-11,13-14,30H,12H2,1-3H3,(H,28,31)(H,26,27,29). The third-order valence-electron chi connectivity index (χ3n) is 4.75. The molecule has 3 N–H and O–H groups in total. The first kappa shape index (κ1) is 22.7. The molecule has 3 rings (SSSR count). The fraction of sp³-hybridized carbons (Fsp3) is 0.261. The Balaban J connectivity index is 2.03. The average molecular weight is 443 g/mol. The minimum Gasteiger partial charge on any atom is -0.394 e. The second-order valence-corrected chi connectivity index (χ2v) is 7.98. The Labute approximate surface area is 185 Å². The fourth-order valence-corrected chi connectivity index (χ4v) is 3.22. The van der Waals surface area contributed by atoms with Crippen molar-refractivity contribution in [3.63, 3.8) is 0 Å². The summed E-state index contributed by atoms with van der Waals surface area (Å²) in [6.45, 7) is 5.56. The number of aromatic nitrogens is 2. The third kappa shape index (κ3) is 5.37. The van der Waals surface area contributed by atoms with Gasteiger partial charge in [0.1, 0.15) is 5.82 Å². The van der Waals surface area contributed by atoms with Gasteiger partial charge in [-0.15, -0.1) is 0 Å². The van der Waals surface area contributed by atoms with Crippen molar-refractivity contribution in [3.05, 3.63) is 70.9 Å². The number of hydrogen-bond acceptors (Lipinski definition) is 5. The highest BCUT2D eigenvalue weighted by Crippen LogP contribution is 2.33. The van der Waals surface area contributed by atoms with Crippen LogP contribution >= 0.6 is 11.6 Å². The lowest BCUT2D eigenvalue weighted by molar-refractivity contribution is 0.0923. The van der Waals surface area contributed by atoms with Crippen LogP contribution in [-0.2, 0) is 0 Å².